The second kappa shape index (κ2) is 12.5. The summed E-state index contributed by atoms with van der Waals surface area (Å²) < 4.78 is 7.35. The van der Waals surface area contributed by atoms with E-state index in [0.717, 1.165) is 56.7 Å². The number of rotatable bonds is 6. The average Bonchev–Trinajstić information content (AvgIpc) is 2.99. The molecular formula is C22H41IN6O2. The molecule has 0 atom stereocenters. The van der Waals surface area contributed by atoms with Crippen LogP contribution < -0.4 is 16.0 Å². The summed E-state index contributed by atoms with van der Waals surface area (Å²) in [5.74, 6) is 0.812. The van der Waals surface area contributed by atoms with Crippen LogP contribution in [0.2, 0.25) is 0 Å². The van der Waals surface area contributed by atoms with Crippen molar-refractivity contribution in [2.45, 2.75) is 97.4 Å². The number of carbonyl (C=O) groups is 1. The number of aromatic nitrogens is 2. The number of nitrogens with one attached hydrogen (secondary N) is 3. The van der Waals surface area contributed by atoms with Gasteiger partial charge in [0, 0.05) is 44.0 Å². The fourth-order valence-electron chi connectivity index (χ4n) is 4.01. The van der Waals surface area contributed by atoms with Crippen molar-refractivity contribution in [3.8, 4) is 0 Å². The molecule has 1 aliphatic rings. The minimum atomic E-state index is -0.468. The molecule has 1 aliphatic carbocycles. The van der Waals surface area contributed by atoms with E-state index in [4.69, 9.17) is 4.74 Å². The van der Waals surface area contributed by atoms with Gasteiger partial charge in [0.15, 0.2) is 5.96 Å². The highest BCUT2D eigenvalue weighted by Gasteiger charge is 2.25. The summed E-state index contributed by atoms with van der Waals surface area (Å²) in [6.45, 7) is 10.7. The first-order chi connectivity index (χ1) is 14.2. The van der Waals surface area contributed by atoms with Crippen molar-refractivity contribution < 1.29 is 9.53 Å². The van der Waals surface area contributed by atoms with Crippen molar-refractivity contribution >= 4 is 36.0 Å². The number of hydrogen-bond acceptors (Lipinski definition) is 4. The topological polar surface area (TPSA) is 92.6 Å². The van der Waals surface area contributed by atoms with E-state index in [0.29, 0.717) is 6.04 Å². The van der Waals surface area contributed by atoms with Gasteiger partial charge in [-0.05, 0) is 59.3 Å². The lowest BCUT2D eigenvalue weighted by molar-refractivity contribution is 0.0490. The highest BCUT2D eigenvalue weighted by Crippen LogP contribution is 2.20. The summed E-state index contributed by atoms with van der Waals surface area (Å²) in [6, 6.07) is 0.514. The van der Waals surface area contributed by atoms with E-state index in [1.165, 1.54) is 11.3 Å². The second-order valence-corrected chi connectivity index (χ2v) is 8.97. The van der Waals surface area contributed by atoms with E-state index in [9.17, 15) is 4.79 Å². The average molecular weight is 549 g/mol. The number of hydrogen-bond donors (Lipinski definition) is 3. The molecule has 178 valence electrons. The van der Waals surface area contributed by atoms with E-state index >= 15 is 0 Å². The van der Waals surface area contributed by atoms with Gasteiger partial charge in [-0.3, -0.25) is 9.67 Å². The van der Waals surface area contributed by atoms with Gasteiger partial charge >= 0.3 is 6.09 Å². The minimum Gasteiger partial charge on any atom is -0.444 e. The predicted molar refractivity (Wildman–Crippen MR) is 136 cm³/mol. The van der Waals surface area contributed by atoms with Crippen LogP contribution in [-0.4, -0.2) is 46.6 Å². The lowest BCUT2D eigenvalue weighted by atomic mass is 9.91. The van der Waals surface area contributed by atoms with Gasteiger partial charge < -0.3 is 20.7 Å². The molecule has 1 fully saturated rings. The molecule has 1 aromatic rings. The largest absolute Gasteiger partial charge is 0.444 e. The molecule has 1 amide bonds. The Morgan fingerprint density at radius 1 is 1.13 bits per heavy atom. The fraction of sp³-hybridized carbons (Fsp3) is 0.773. The zero-order chi connectivity index (χ0) is 22.3. The Morgan fingerprint density at radius 3 is 2.19 bits per heavy atom. The number of nitrogens with zero attached hydrogens (tertiary/aromatic N) is 3. The number of alkyl carbamates (subject to hydrolysis) is 1. The van der Waals surface area contributed by atoms with Crippen LogP contribution in [0.25, 0.3) is 0 Å². The molecule has 1 heterocycles. The SMILES string of the molecule is CCc1nn(C)c(CC)c1CNC(=NC)NC1CCC(NC(=O)OC(C)(C)C)CC1.I. The molecule has 0 bridgehead atoms. The third-order valence-electron chi connectivity index (χ3n) is 5.47. The van der Waals surface area contributed by atoms with Crippen LogP contribution in [0.4, 0.5) is 4.79 Å². The number of amides is 1. The van der Waals surface area contributed by atoms with Crippen LogP contribution in [0.15, 0.2) is 4.99 Å². The first-order valence-corrected chi connectivity index (χ1v) is 11.2. The molecule has 0 aliphatic heterocycles. The molecule has 1 saturated carbocycles. The van der Waals surface area contributed by atoms with Gasteiger partial charge in [0.1, 0.15) is 5.60 Å². The Hall–Kier alpha value is -1.52. The quantitative estimate of drug-likeness (QED) is 0.287. The molecule has 0 radical (unpaired) electrons. The molecule has 0 aromatic carbocycles. The molecule has 0 spiro atoms. The van der Waals surface area contributed by atoms with Crippen LogP contribution in [0.5, 0.6) is 0 Å². The summed E-state index contributed by atoms with van der Waals surface area (Å²) in [4.78, 5) is 16.4. The zero-order valence-electron chi connectivity index (χ0n) is 20.2. The summed E-state index contributed by atoms with van der Waals surface area (Å²) >= 11 is 0. The molecule has 8 nitrogen and oxygen atoms in total. The first-order valence-electron chi connectivity index (χ1n) is 11.2. The van der Waals surface area contributed by atoms with Gasteiger partial charge in [0.25, 0.3) is 0 Å². The second-order valence-electron chi connectivity index (χ2n) is 8.97. The Labute approximate surface area is 204 Å². The van der Waals surface area contributed by atoms with E-state index in [1.54, 1.807) is 7.05 Å². The van der Waals surface area contributed by atoms with Gasteiger partial charge in [-0.15, -0.1) is 24.0 Å². The Balaban J connectivity index is 0.00000480. The van der Waals surface area contributed by atoms with Crippen molar-refractivity contribution in [1.29, 1.82) is 0 Å². The van der Waals surface area contributed by atoms with E-state index < -0.39 is 5.60 Å². The van der Waals surface area contributed by atoms with Crippen molar-refractivity contribution in [3.05, 3.63) is 17.0 Å². The van der Waals surface area contributed by atoms with E-state index in [2.05, 4.69) is 39.9 Å². The molecule has 1 aromatic heterocycles. The number of aliphatic imine (C=N–C) groups is 1. The highest BCUT2D eigenvalue weighted by atomic mass is 127. The van der Waals surface area contributed by atoms with Crippen molar-refractivity contribution in [2.24, 2.45) is 12.0 Å². The highest BCUT2D eigenvalue weighted by molar-refractivity contribution is 14.0. The van der Waals surface area contributed by atoms with Crippen molar-refractivity contribution in [1.82, 2.24) is 25.7 Å². The van der Waals surface area contributed by atoms with E-state index in [1.807, 2.05) is 32.5 Å². The fourth-order valence-corrected chi connectivity index (χ4v) is 4.01. The number of carbonyl (C=O) groups excluding carboxylic acids is 1. The maximum Gasteiger partial charge on any atom is 0.407 e. The molecule has 0 unspecified atom stereocenters. The third-order valence-corrected chi connectivity index (χ3v) is 5.47. The normalized spacial score (nSPS) is 19.4. The number of halogens is 1. The van der Waals surface area contributed by atoms with Gasteiger partial charge in [-0.25, -0.2) is 4.79 Å². The van der Waals surface area contributed by atoms with Gasteiger partial charge in [0.2, 0.25) is 0 Å². The van der Waals surface area contributed by atoms with Gasteiger partial charge in [-0.1, -0.05) is 13.8 Å². The maximum absolute atomic E-state index is 12.0. The molecule has 2 rings (SSSR count). The first kappa shape index (κ1) is 27.5. The standard InChI is InChI=1S/C22H40N6O2.HI/c1-8-18-17(19(9-2)28(7)27-18)14-24-20(23-6)25-15-10-12-16(13-11-15)26-21(29)30-22(3,4)5;/h15-16H,8-14H2,1-7H3,(H,26,29)(H2,23,24,25);1H. The van der Waals surface area contributed by atoms with Gasteiger partial charge in [0.05, 0.1) is 5.69 Å². The van der Waals surface area contributed by atoms with Crippen LogP contribution in [0, 0.1) is 0 Å². The van der Waals surface area contributed by atoms with Crippen molar-refractivity contribution in [3.63, 3.8) is 0 Å². The van der Waals surface area contributed by atoms with Gasteiger partial charge in [-0.2, -0.15) is 5.10 Å². The molecule has 0 saturated heterocycles. The van der Waals surface area contributed by atoms with Crippen LogP contribution in [0.3, 0.4) is 0 Å². The molecule has 3 N–H and O–H groups in total. The third kappa shape index (κ3) is 8.50. The van der Waals surface area contributed by atoms with Crippen molar-refractivity contribution in [2.75, 3.05) is 7.05 Å². The van der Waals surface area contributed by atoms with Crippen LogP contribution >= 0.6 is 24.0 Å². The smallest absolute Gasteiger partial charge is 0.407 e. The number of aryl methyl sites for hydroxylation is 2. The summed E-state index contributed by atoms with van der Waals surface area (Å²) in [6.07, 6.45) is 5.37. The molecule has 9 heteroatoms. The van der Waals surface area contributed by atoms with E-state index in [-0.39, 0.29) is 36.1 Å². The maximum atomic E-state index is 12.0. The lowest BCUT2D eigenvalue weighted by Crippen LogP contribution is -2.48. The molecular weight excluding hydrogens is 507 g/mol. The number of guanidine groups is 1. The Morgan fingerprint density at radius 2 is 1.71 bits per heavy atom. The van der Waals surface area contributed by atoms with Crippen LogP contribution in [0.1, 0.15) is 77.3 Å². The molecule has 31 heavy (non-hydrogen) atoms. The summed E-state index contributed by atoms with van der Waals surface area (Å²) in [5.41, 5.74) is 3.22. The van der Waals surface area contributed by atoms with Crippen LogP contribution in [-0.2, 0) is 31.2 Å². The number of ether oxygens (including phenoxy) is 1. The predicted octanol–water partition coefficient (Wildman–Crippen LogP) is 3.66. The summed E-state index contributed by atoms with van der Waals surface area (Å²) in [7, 11) is 3.81. The summed E-state index contributed by atoms with van der Waals surface area (Å²) in [5, 5.41) is 14.6. The Kier molecular flexibility index (Phi) is 11.1. The monoisotopic (exact) mass is 548 g/mol. The Bertz CT molecular complexity index is 733. The zero-order valence-corrected chi connectivity index (χ0v) is 22.5. The lowest BCUT2D eigenvalue weighted by Gasteiger charge is -2.31. The minimum absolute atomic E-state index is 0.